The van der Waals surface area contributed by atoms with Gasteiger partial charge in [-0.1, -0.05) is 19.3 Å². The molecule has 0 aliphatic carbocycles. The number of terminal acetylenes is 1. The molecule has 14 heavy (non-hydrogen) atoms. The molecule has 0 heterocycles. The Morgan fingerprint density at radius 3 is 2.71 bits per heavy atom. The van der Waals surface area contributed by atoms with Crippen molar-refractivity contribution in [3.05, 3.63) is 34.9 Å². The molecule has 0 aliphatic heterocycles. The molecular formula is C12H12O2. The third-order valence-electron chi connectivity index (χ3n) is 1.95. The van der Waals surface area contributed by atoms with Gasteiger partial charge in [0.2, 0.25) is 0 Å². The Morgan fingerprint density at radius 1 is 1.50 bits per heavy atom. The monoisotopic (exact) mass is 188 g/mol. The van der Waals surface area contributed by atoms with Gasteiger partial charge >= 0.3 is 5.97 Å². The summed E-state index contributed by atoms with van der Waals surface area (Å²) in [6, 6.07) is 5.05. The first kappa shape index (κ1) is 10.3. The molecule has 0 atom stereocenters. The molecule has 0 bridgehead atoms. The summed E-state index contributed by atoms with van der Waals surface area (Å²) < 4.78 is 0. The van der Waals surface area contributed by atoms with Gasteiger partial charge in [0.05, 0.1) is 5.56 Å². The van der Waals surface area contributed by atoms with Gasteiger partial charge in [-0.25, -0.2) is 4.79 Å². The second-order valence-electron chi connectivity index (χ2n) is 3.12. The summed E-state index contributed by atoms with van der Waals surface area (Å²) in [4.78, 5) is 10.8. The van der Waals surface area contributed by atoms with Gasteiger partial charge in [0, 0.05) is 5.56 Å². The molecule has 1 aromatic carbocycles. The molecule has 0 aliphatic rings. The van der Waals surface area contributed by atoms with Gasteiger partial charge < -0.3 is 5.11 Å². The van der Waals surface area contributed by atoms with E-state index >= 15 is 0 Å². The molecule has 0 unspecified atom stereocenters. The predicted octanol–water partition coefficient (Wildman–Crippen LogP) is 2.32. The van der Waals surface area contributed by atoms with Gasteiger partial charge in [-0.2, -0.15) is 0 Å². The molecule has 0 spiro atoms. The Kier molecular flexibility index (Phi) is 3.30. The van der Waals surface area contributed by atoms with Crippen molar-refractivity contribution in [2.45, 2.75) is 19.8 Å². The smallest absolute Gasteiger partial charge is 0.335 e. The Hall–Kier alpha value is -1.75. The van der Waals surface area contributed by atoms with Crippen molar-refractivity contribution >= 4 is 5.97 Å². The fraction of sp³-hybridized carbons (Fsp3) is 0.250. The van der Waals surface area contributed by atoms with Gasteiger partial charge in [0.15, 0.2) is 0 Å². The second-order valence-corrected chi connectivity index (χ2v) is 3.12. The zero-order valence-electron chi connectivity index (χ0n) is 8.08. The third-order valence-corrected chi connectivity index (χ3v) is 1.95. The lowest BCUT2D eigenvalue weighted by Crippen LogP contribution is -1.98. The summed E-state index contributed by atoms with van der Waals surface area (Å²) in [6.07, 6.45) is 7.08. The van der Waals surface area contributed by atoms with Crippen molar-refractivity contribution in [2.75, 3.05) is 0 Å². The SMILES string of the molecule is C#Cc1cc(CCC)cc(C(=O)O)c1. The van der Waals surface area contributed by atoms with Crippen LogP contribution in [0.2, 0.25) is 0 Å². The van der Waals surface area contributed by atoms with Crippen LogP contribution in [0.3, 0.4) is 0 Å². The highest BCUT2D eigenvalue weighted by Gasteiger charge is 2.05. The van der Waals surface area contributed by atoms with E-state index in [2.05, 4.69) is 5.92 Å². The third kappa shape index (κ3) is 2.37. The van der Waals surface area contributed by atoms with Crippen LogP contribution in [0, 0.1) is 12.3 Å². The molecule has 1 rings (SSSR count). The Balaban J connectivity index is 3.15. The van der Waals surface area contributed by atoms with Crippen LogP contribution in [-0.4, -0.2) is 11.1 Å². The summed E-state index contributed by atoms with van der Waals surface area (Å²) >= 11 is 0. The van der Waals surface area contributed by atoms with E-state index in [1.54, 1.807) is 6.07 Å². The molecule has 72 valence electrons. The Labute approximate surface area is 83.6 Å². The maximum Gasteiger partial charge on any atom is 0.335 e. The van der Waals surface area contributed by atoms with Crippen LogP contribution in [0.4, 0.5) is 0 Å². The number of hydrogen-bond acceptors (Lipinski definition) is 1. The molecule has 0 saturated heterocycles. The fourth-order valence-corrected chi connectivity index (χ4v) is 1.33. The molecule has 0 saturated carbocycles. The normalized spacial score (nSPS) is 9.43. The van der Waals surface area contributed by atoms with Crippen LogP contribution in [0.1, 0.15) is 34.8 Å². The first-order valence-corrected chi connectivity index (χ1v) is 4.51. The number of rotatable bonds is 3. The van der Waals surface area contributed by atoms with Crippen LogP contribution in [0.25, 0.3) is 0 Å². The van der Waals surface area contributed by atoms with Crippen molar-refractivity contribution in [1.29, 1.82) is 0 Å². The van der Waals surface area contributed by atoms with Gasteiger partial charge in [-0.15, -0.1) is 6.42 Å². The number of benzene rings is 1. The molecule has 2 nitrogen and oxygen atoms in total. The number of carbonyl (C=O) groups is 1. The van der Waals surface area contributed by atoms with E-state index in [0.29, 0.717) is 5.56 Å². The Bertz CT molecular complexity index is 386. The summed E-state index contributed by atoms with van der Waals surface area (Å²) in [6.45, 7) is 2.04. The lowest BCUT2D eigenvalue weighted by atomic mass is 10.0. The van der Waals surface area contributed by atoms with E-state index in [9.17, 15) is 4.79 Å². The summed E-state index contributed by atoms with van der Waals surface area (Å²) in [5.74, 6) is 1.53. The van der Waals surface area contributed by atoms with E-state index in [1.165, 1.54) is 6.07 Å². The molecule has 0 fully saturated rings. The maximum atomic E-state index is 10.8. The topological polar surface area (TPSA) is 37.3 Å². The van der Waals surface area contributed by atoms with E-state index in [-0.39, 0.29) is 5.56 Å². The van der Waals surface area contributed by atoms with Crippen molar-refractivity contribution in [3.63, 3.8) is 0 Å². The minimum absolute atomic E-state index is 0.268. The lowest BCUT2D eigenvalue weighted by Gasteiger charge is -2.02. The van der Waals surface area contributed by atoms with Crippen molar-refractivity contribution in [3.8, 4) is 12.3 Å². The van der Waals surface area contributed by atoms with Crippen LogP contribution < -0.4 is 0 Å². The summed E-state index contributed by atoms with van der Waals surface area (Å²) in [7, 11) is 0. The fourth-order valence-electron chi connectivity index (χ4n) is 1.33. The van der Waals surface area contributed by atoms with E-state index < -0.39 is 5.97 Å². The zero-order chi connectivity index (χ0) is 10.6. The van der Waals surface area contributed by atoms with E-state index in [1.807, 2.05) is 13.0 Å². The van der Waals surface area contributed by atoms with Crippen LogP contribution in [0.15, 0.2) is 18.2 Å². The number of aryl methyl sites for hydroxylation is 1. The summed E-state index contributed by atoms with van der Waals surface area (Å²) in [5, 5.41) is 8.83. The number of hydrogen-bond donors (Lipinski definition) is 1. The van der Waals surface area contributed by atoms with Gasteiger partial charge in [-0.3, -0.25) is 0 Å². The molecule has 0 aromatic heterocycles. The summed E-state index contributed by atoms with van der Waals surface area (Å²) in [5.41, 5.74) is 1.89. The Morgan fingerprint density at radius 2 is 2.21 bits per heavy atom. The molecule has 1 N–H and O–H groups in total. The van der Waals surface area contributed by atoms with Gasteiger partial charge in [0.1, 0.15) is 0 Å². The zero-order valence-corrected chi connectivity index (χ0v) is 8.08. The van der Waals surface area contributed by atoms with Gasteiger partial charge in [-0.05, 0) is 30.2 Å². The van der Waals surface area contributed by atoms with E-state index in [4.69, 9.17) is 11.5 Å². The largest absolute Gasteiger partial charge is 0.478 e. The quantitative estimate of drug-likeness (QED) is 0.739. The standard InChI is InChI=1S/C12H12O2/c1-3-5-10-6-9(4-2)7-11(8-10)12(13)14/h2,6-8H,3,5H2,1H3,(H,13,14). The molecule has 0 amide bonds. The van der Waals surface area contributed by atoms with Crippen LogP contribution in [-0.2, 0) is 6.42 Å². The first-order valence-electron chi connectivity index (χ1n) is 4.51. The predicted molar refractivity (Wildman–Crippen MR) is 55.3 cm³/mol. The molecular weight excluding hydrogens is 176 g/mol. The van der Waals surface area contributed by atoms with Crippen LogP contribution >= 0.6 is 0 Å². The minimum Gasteiger partial charge on any atom is -0.478 e. The first-order chi connectivity index (χ1) is 6.67. The van der Waals surface area contributed by atoms with Crippen molar-refractivity contribution < 1.29 is 9.90 Å². The number of carboxylic acids is 1. The van der Waals surface area contributed by atoms with Crippen LogP contribution in [0.5, 0.6) is 0 Å². The van der Waals surface area contributed by atoms with Gasteiger partial charge in [0.25, 0.3) is 0 Å². The molecule has 2 heteroatoms. The lowest BCUT2D eigenvalue weighted by molar-refractivity contribution is 0.0696. The number of carboxylic acid groups (broad SMARTS) is 1. The van der Waals surface area contributed by atoms with Crippen molar-refractivity contribution in [1.82, 2.24) is 0 Å². The minimum atomic E-state index is -0.931. The highest BCUT2D eigenvalue weighted by Crippen LogP contribution is 2.11. The highest BCUT2D eigenvalue weighted by atomic mass is 16.4. The van der Waals surface area contributed by atoms with E-state index in [0.717, 1.165) is 18.4 Å². The maximum absolute atomic E-state index is 10.8. The second kappa shape index (κ2) is 4.48. The molecule has 1 aromatic rings. The number of aromatic carboxylic acids is 1. The average molecular weight is 188 g/mol. The average Bonchev–Trinajstić information content (AvgIpc) is 2.17. The molecule has 0 radical (unpaired) electrons. The van der Waals surface area contributed by atoms with Crippen molar-refractivity contribution in [2.24, 2.45) is 0 Å². The highest BCUT2D eigenvalue weighted by molar-refractivity contribution is 5.88.